The number of hydrogen-bond donors (Lipinski definition) is 2. The fourth-order valence-electron chi connectivity index (χ4n) is 2.67. The molecule has 0 aliphatic heterocycles. The Hall–Kier alpha value is -2.86. The molecular weight excluding hydrogens is 392 g/mol. The lowest BCUT2D eigenvalue weighted by molar-refractivity contribution is -0.149. The normalized spacial score (nSPS) is 11.6. The van der Waals surface area contributed by atoms with Crippen LogP contribution < -0.4 is 10.6 Å². The van der Waals surface area contributed by atoms with E-state index in [-0.39, 0.29) is 5.92 Å². The van der Waals surface area contributed by atoms with E-state index in [0.29, 0.717) is 22.7 Å². The average Bonchev–Trinajstić information content (AvgIpc) is 2.67. The van der Waals surface area contributed by atoms with Gasteiger partial charge in [-0.15, -0.1) is 0 Å². The predicted molar refractivity (Wildman–Crippen MR) is 113 cm³/mol. The maximum absolute atomic E-state index is 12.5. The molecule has 7 heteroatoms. The molecule has 6 nitrogen and oxygen atoms in total. The van der Waals surface area contributed by atoms with Crippen molar-refractivity contribution >= 4 is 35.1 Å². The molecule has 29 heavy (non-hydrogen) atoms. The zero-order valence-electron chi connectivity index (χ0n) is 16.7. The number of aryl methyl sites for hydroxylation is 1. The highest BCUT2D eigenvalue weighted by atomic mass is 35.5. The first kappa shape index (κ1) is 22.4. The van der Waals surface area contributed by atoms with Crippen molar-refractivity contribution < 1.29 is 19.1 Å². The number of anilines is 1. The van der Waals surface area contributed by atoms with E-state index in [0.717, 1.165) is 5.56 Å². The molecule has 0 spiro atoms. The van der Waals surface area contributed by atoms with E-state index in [1.807, 2.05) is 32.9 Å². The molecular formula is C22H25ClN2O4. The second-order valence-corrected chi connectivity index (χ2v) is 7.57. The van der Waals surface area contributed by atoms with E-state index in [4.69, 9.17) is 16.3 Å². The maximum Gasteiger partial charge on any atom is 0.329 e. The van der Waals surface area contributed by atoms with Crippen LogP contribution in [0, 0.1) is 12.8 Å². The fraction of sp³-hybridized carbons (Fsp3) is 0.318. The second-order valence-electron chi connectivity index (χ2n) is 7.13. The van der Waals surface area contributed by atoms with Gasteiger partial charge in [0.15, 0.2) is 6.61 Å². The van der Waals surface area contributed by atoms with Crippen LogP contribution in [-0.2, 0) is 14.3 Å². The number of carbonyl (C=O) groups excluding carboxylic acids is 3. The van der Waals surface area contributed by atoms with Crippen LogP contribution >= 0.6 is 11.6 Å². The fourth-order valence-corrected chi connectivity index (χ4v) is 2.79. The molecule has 0 saturated carbocycles. The largest absolute Gasteiger partial charge is 0.454 e. The Balaban J connectivity index is 1.95. The molecule has 0 aliphatic carbocycles. The number of benzene rings is 2. The number of halogens is 1. The van der Waals surface area contributed by atoms with Crippen LogP contribution in [0.2, 0.25) is 5.02 Å². The minimum Gasteiger partial charge on any atom is -0.454 e. The molecule has 0 bridgehead atoms. The number of nitrogens with one attached hydrogen (secondary N) is 2. The molecule has 2 aromatic carbocycles. The number of rotatable bonds is 8. The smallest absolute Gasteiger partial charge is 0.329 e. The van der Waals surface area contributed by atoms with Crippen molar-refractivity contribution in [2.75, 3.05) is 11.9 Å². The van der Waals surface area contributed by atoms with Gasteiger partial charge in [0.05, 0.1) is 0 Å². The summed E-state index contributed by atoms with van der Waals surface area (Å²) in [5.74, 6) is -1.37. The summed E-state index contributed by atoms with van der Waals surface area (Å²) in [5.41, 5.74) is 1.94. The highest BCUT2D eigenvalue weighted by Crippen LogP contribution is 2.14. The van der Waals surface area contributed by atoms with Crippen molar-refractivity contribution in [2.45, 2.75) is 33.2 Å². The van der Waals surface area contributed by atoms with Gasteiger partial charge in [-0.05, 0) is 55.2 Å². The molecule has 0 radical (unpaired) electrons. The molecule has 154 valence electrons. The molecule has 0 heterocycles. The molecule has 2 N–H and O–H groups in total. The molecule has 2 aromatic rings. The van der Waals surface area contributed by atoms with E-state index in [9.17, 15) is 14.4 Å². The first-order valence-electron chi connectivity index (χ1n) is 9.34. The van der Waals surface area contributed by atoms with E-state index < -0.39 is 30.4 Å². The average molecular weight is 417 g/mol. The quantitative estimate of drug-likeness (QED) is 0.637. The number of esters is 1. The lowest BCUT2D eigenvalue weighted by atomic mass is 10.0. The molecule has 0 saturated heterocycles. The van der Waals surface area contributed by atoms with Crippen molar-refractivity contribution in [1.29, 1.82) is 0 Å². The van der Waals surface area contributed by atoms with Crippen LogP contribution in [0.4, 0.5) is 5.69 Å². The lowest BCUT2D eigenvalue weighted by Gasteiger charge is -2.19. The van der Waals surface area contributed by atoms with Gasteiger partial charge in [0.25, 0.3) is 11.8 Å². The number of para-hydroxylation sites is 1. The van der Waals surface area contributed by atoms with Gasteiger partial charge in [0, 0.05) is 16.3 Å². The van der Waals surface area contributed by atoms with Crippen molar-refractivity contribution in [3.8, 4) is 0 Å². The third-order valence-electron chi connectivity index (χ3n) is 4.17. The van der Waals surface area contributed by atoms with Crippen LogP contribution in [0.1, 0.15) is 36.2 Å². The third kappa shape index (κ3) is 7.23. The Morgan fingerprint density at radius 2 is 1.69 bits per heavy atom. The number of amides is 2. The molecule has 0 aromatic heterocycles. The third-order valence-corrected chi connectivity index (χ3v) is 4.42. The van der Waals surface area contributed by atoms with Gasteiger partial charge in [-0.3, -0.25) is 9.59 Å². The number of ether oxygens (including phenoxy) is 1. The van der Waals surface area contributed by atoms with Crippen molar-refractivity contribution in [3.63, 3.8) is 0 Å². The summed E-state index contributed by atoms with van der Waals surface area (Å²) >= 11 is 5.84. The lowest BCUT2D eigenvalue weighted by Crippen LogP contribution is -2.43. The summed E-state index contributed by atoms with van der Waals surface area (Å²) in [6.45, 7) is 5.30. The van der Waals surface area contributed by atoms with Crippen LogP contribution in [-0.4, -0.2) is 30.4 Å². The summed E-state index contributed by atoms with van der Waals surface area (Å²) in [7, 11) is 0. The topological polar surface area (TPSA) is 84.5 Å². The van der Waals surface area contributed by atoms with E-state index in [1.165, 1.54) is 0 Å². The Bertz CT molecular complexity index is 865. The van der Waals surface area contributed by atoms with Gasteiger partial charge in [-0.1, -0.05) is 43.6 Å². The van der Waals surface area contributed by atoms with Gasteiger partial charge in [-0.25, -0.2) is 4.79 Å². The summed E-state index contributed by atoms with van der Waals surface area (Å²) in [5, 5.41) is 5.89. The molecule has 0 unspecified atom stereocenters. The highest BCUT2D eigenvalue weighted by molar-refractivity contribution is 6.30. The first-order chi connectivity index (χ1) is 13.8. The van der Waals surface area contributed by atoms with Gasteiger partial charge in [-0.2, -0.15) is 0 Å². The van der Waals surface area contributed by atoms with Gasteiger partial charge in [0.1, 0.15) is 6.04 Å². The summed E-state index contributed by atoms with van der Waals surface area (Å²) in [6.07, 6.45) is 0.386. The molecule has 1 atom stereocenters. The molecule has 2 rings (SSSR count). The van der Waals surface area contributed by atoms with Gasteiger partial charge >= 0.3 is 5.97 Å². The maximum atomic E-state index is 12.5. The monoisotopic (exact) mass is 416 g/mol. The summed E-state index contributed by atoms with van der Waals surface area (Å²) < 4.78 is 5.15. The minimum atomic E-state index is -0.857. The van der Waals surface area contributed by atoms with Crippen LogP contribution in [0.5, 0.6) is 0 Å². The summed E-state index contributed by atoms with van der Waals surface area (Å²) in [4.78, 5) is 37.0. The van der Waals surface area contributed by atoms with E-state index >= 15 is 0 Å². The van der Waals surface area contributed by atoms with Crippen molar-refractivity contribution in [1.82, 2.24) is 5.32 Å². The Labute approximate surface area is 175 Å². The second kappa shape index (κ2) is 10.6. The highest BCUT2D eigenvalue weighted by Gasteiger charge is 2.24. The van der Waals surface area contributed by atoms with Crippen molar-refractivity contribution in [3.05, 3.63) is 64.7 Å². The molecule has 0 aliphatic rings. The number of carbonyl (C=O) groups is 3. The summed E-state index contributed by atoms with van der Waals surface area (Å²) in [6, 6.07) is 12.8. The Kier molecular flexibility index (Phi) is 8.21. The predicted octanol–water partition coefficient (Wildman–Crippen LogP) is 3.97. The standard InChI is InChI=1S/C22H25ClN2O4/c1-14(2)12-19(25-21(27)16-8-10-17(23)11-9-16)22(28)29-13-20(26)24-18-7-5-4-6-15(18)3/h4-11,14,19H,12-13H2,1-3H3,(H,24,26)(H,25,27)/t19-/m0/s1. The van der Waals surface area contributed by atoms with Crippen LogP contribution in [0.25, 0.3) is 0 Å². The van der Waals surface area contributed by atoms with E-state index in [1.54, 1.807) is 36.4 Å². The zero-order chi connectivity index (χ0) is 21.4. The van der Waals surface area contributed by atoms with Gasteiger partial charge in [0.2, 0.25) is 0 Å². The molecule has 0 fully saturated rings. The Morgan fingerprint density at radius 3 is 2.31 bits per heavy atom. The van der Waals surface area contributed by atoms with Crippen LogP contribution in [0.15, 0.2) is 48.5 Å². The van der Waals surface area contributed by atoms with Gasteiger partial charge < -0.3 is 15.4 Å². The Morgan fingerprint density at radius 1 is 1.03 bits per heavy atom. The molecule has 2 amide bonds. The van der Waals surface area contributed by atoms with E-state index in [2.05, 4.69) is 10.6 Å². The first-order valence-corrected chi connectivity index (χ1v) is 9.72. The zero-order valence-corrected chi connectivity index (χ0v) is 17.5. The van der Waals surface area contributed by atoms with Crippen LogP contribution in [0.3, 0.4) is 0 Å². The number of hydrogen-bond acceptors (Lipinski definition) is 4. The SMILES string of the molecule is Cc1ccccc1NC(=O)COC(=O)[C@H](CC(C)C)NC(=O)c1ccc(Cl)cc1. The van der Waals surface area contributed by atoms with Crippen molar-refractivity contribution in [2.24, 2.45) is 5.92 Å². The minimum absolute atomic E-state index is 0.138.